The summed E-state index contributed by atoms with van der Waals surface area (Å²) in [4.78, 5) is 18.4. The topological polar surface area (TPSA) is 42.0 Å². The van der Waals surface area contributed by atoms with Crippen LogP contribution in [0.3, 0.4) is 0 Å². The minimum absolute atomic E-state index is 0.0179. The Kier molecular flexibility index (Phi) is 5.97. The summed E-state index contributed by atoms with van der Waals surface area (Å²) in [6, 6.07) is 24.2. The monoisotopic (exact) mass is 418 g/mol. The Morgan fingerprint density at radius 3 is 2.59 bits per heavy atom. The van der Waals surface area contributed by atoms with E-state index in [-0.39, 0.29) is 5.91 Å². The third kappa shape index (κ3) is 5.05. The zero-order chi connectivity index (χ0) is 20.2. The van der Waals surface area contributed by atoms with Crippen LogP contribution in [0.1, 0.15) is 19.4 Å². The van der Waals surface area contributed by atoms with Crippen molar-refractivity contribution >= 4 is 44.9 Å². The molecule has 0 bridgehead atoms. The molecule has 0 unspecified atom stereocenters. The van der Waals surface area contributed by atoms with Gasteiger partial charge < -0.3 is 5.32 Å². The van der Waals surface area contributed by atoms with E-state index in [9.17, 15) is 4.79 Å². The Hall–Kier alpha value is -2.63. The van der Waals surface area contributed by atoms with E-state index in [0.29, 0.717) is 11.7 Å². The molecule has 1 N–H and O–H groups in total. The molecule has 0 saturated heterocycles. The molecule has 4 rings (SSSR count). The van der Waals surface area contributed by atoms with Crippen molar-refractivity contribution in [3.63, 3.8) is 0 Å². The number of anilines is 1. The van der Waals surface area contributed by atoms with E-state index in [1.807, 2.05) is 66.4 Å². The van der Waals surface area contributed by atoms with E-state index in [2.05, 4.69) is 37.4 Å². The first kappa shape index (κ1) is 19.7. The van der Waals surface area contributed by atoms with E-state index in [1.165, 1.54) is 4.90 Å². The first-order valence-electron chi connectivity index (χ1n) is 9.58. The van der Waals surface area contributed by atoms with Gasteiger partial charge in [0.05, 0.1) is 16.6 Å². The molecule has 0 aliphatic carbocycles. The van der Waals surface area contributed by atoms with Gasteiger partial charge in [0.15, 0.2) is 0 Å². The Morgan fingerprint density at radius 2 is 1.83 bits per heavy atom. The SMILES string of the molecule is CC(C)Sc1ccc(CC(=O)Nc2cccc(-c3nc4ccccc4s3)c2)cc1. The Morgan fingerprint density at radius 1 is 1.03 bits per heavy atom. The van der Waals surface area contributed by atoms with Gasteiger partial charge in [-0.05, 0) is 42.0 Å². The van der Waals surface area contributed by atoms with Crippen LogP contribution in [0, 0.1) is 0 Å². The molecule has 1 amide bonds. The number of benzene rings is 3. The van der Waals surface area contributed by atoms with Gasteiger partial charge in [0.2, 0.25) is 5.91 Å². The molecule has 0 atom stereocenters. The highest BCUT2D eigenvalue weighted by molar-refractivity contribution is 7.99. The lowest BCUT2D eigenvalue weighted by Gasteiger charge is -2.08. The van der Waals surface area contributed by atoms with Crippen LogP contribution < -0.4 is 5.32 Å². The second-order valence-electron chi connectivity index (χ2n) is 7.10. The quantitative estimate of drug-likeness (QED) is 0.357. The van der Waals surface area contributed by atoms with Crippen molar-refractivity contribution in [3.05, 3.63) is 78.4 Å². The maximum Gasteiger partial charge on any atom is 0.228 e. The zero-order valence-electron chi connectivity index (χ0n) is 16.4. The lowest BCUT2D eigenvalue weighted by atomic mass is 10.1. The molecule has 0 spiro atoms. The number of nitrogens with zero attached hydrogens (tertiary/aromatic N) is 1. The van der Waals surface area contributed by atoms with Crippen molar-refractivity contribution in [1.82, 2.24) is 4.98 Å². The van der Waals surface area contributed by atoms with E-state index in [1.54, 1.807) is 11.3 Å². The standard InChI is InChI=1S/C24H22N2OS2/c1-16(2)28-20-12-10-17(11-13-20)14-23(27)25-19-7-5-6-18(15-19)24-26-21-8-3-4-9-22(21)29-24/h3-13,15-16H,14H2,1-2H3,(H,25,27). The lowest BCUT2D eigenvalue weighted by molar-refractivity contribution is -0.115. The fourth-order valence-electron chi connectivity index (χ4n) is 3.07. The molecule has 29 heavy (non-hydrogen) atoms. The van der Waals surface area contributed by atoms with Gasteiger partial charge in [-0.3, -0.25) is 4.79 Å². The van der Waals surface area contributed by atoms with Crippen LogP contribution in [0.4, 0.5) is 5.69 Å². The van der Waals surface area contributed by atoms with Crippen molar-refractivity contribution < 1.29 is 4.79 Å². The number of nitrogens with one attached hydrogen (secondary N) is 1. The van der Waals surface area contributed by atoms with E-state index in [4.69, 9.17) is 4.98 Å². The molecule has 146 valence electrons. The normalized spacial score (nSPS) is 11.1. The van der Waals surface area contributed by atoms with Crippen molar-refractivity contribution in [1.29, 1.82) is 0 Å². The largest absolute Gasteiger partial charge is 0.326 e. The highest BCUT2D eigenvalue weighted by atomic mass is 32.2. The zero-order valence-corrected chi connectivity index (χ0v) is 18.0. The number of hydrogen-bond acceptors (Lipinski definition) is 4. The Balaban J connectivity index is 1.44. The number of para-hydroxylation sites is 1. The van der Waals surface area contributed by atoms with Crippen molar-refractivity contribution in [2.75, 3.05) is 5.32 Å². The van der Waals surface area contributed by atoms with Gasteiger partial charge in [0.25, 0.3) is 0 Å². The summed E-state index contributed by atoms with van der Waals surface area (Å²) in [5.74, 6) is -0.0179. The summed E-state index contributed by atoms with van der Waals surface area (Å²) in [5.41, 5.74) is 3.82. The van der Waals surface area contributed by atoms with Crippen LogP contribution in [0.2, 0.25) is 0 Å². The van der Waals surface area contributed by atoms with Gasteiger partial charge in [0.1, 0.15) is 5.01 Å². The molecule has 3 nitrogen and oxygen atoms in total. The average molecular weight is 419 g/mol. The Bertz CT molecular complexity index is 1100. The van der Waals surface area contributed by atoms with Gasteiger partial charge in [-0.25, -0.2) is 4.98 Å². The average Bonchev–Trinajstić information content (AvgIpc) is 3.14. The summed E-state index contributed by atoms with van der Waals surface area (Å²) in [6.45, 7) is 4.35. The predicted octanol–water partition coefficient (Wildman–Crippen LogP) is 6.65. The second-order valence-corrected chi connectivity index (χ2v) is 9.78. The number of amides is 1. The van der Waals surface area contributed by atoms with Gasteiger partial charge >= 0.3 is 0 Å². The molecule has 0 radical (unpaired) electrons. The summed E-state index contributed by atoms with van der Waals surface area (Å²) < 4.78 is 1.16. The van der Waals surface area contributed by atoms with Crippen molar-refractivity contribution in [2.24, 2.45) is 0 Å². The van der Waals surface area contributed by atoms with Gasteiger partial charge in [-0.15, -0.1) is 23.1 Å². The number of fused-ring (bicyclic) bond motifs is 1. The number of carbonyl (C=O) groups excluding carboxylic acids is 1. The molecule has 0 saturated carbocycles. The molecule has 0 aliphatic heterocycles. The molecule has 1 heterocycles. The maximum absolute atomic E-state index is 12.5. The first-order chi connectivity index (χ1) is 14.1. The molecule has 5 heteroatoms. The van der Waals surface area contributed by atoms with Crippen LogP contribution in [-0.4, -0.2) is 16.1 Å². The van der Waals surface area contributed by atoms with Crippen LogP contribution in [0.5, 0.6) is 0 Å². The van der Waals surface area contributed by atoms with Gasteiger partial charge in [-0.2, -0.15) is 0 Å². The van der Waals surface area contributed by atoms with Crippen molar-refractivity contribution in [3.8, 4) is 10.6 Å². The number of hydrogen-bond donors (Lipinski definition) is 1. The Labute approximate surface area is 179 Å². The lowest BCUT2D eigenvalue weighted by Crippen LogP contribution is -2.14. The number of carbonyl (C=O) groups is 1. The number of aromatic nitrogens is 1. The number of rotatable bonds is 6. The molecular weight excluding hydrogens is 396 g/mol. The first-order valence-corrected chi connectivity index (χ1v) is 11.3. The fraction of sp³-hybridized carbons (Fsp3) is 0.167. The smallest absolute Gasteiger partial charge is 0.228 e. The van der Waals surface area contributed by atoms with Crippen LogP contribution >= 0.6 is 23.1 Å². The van der Waals surface area contributed by atoms with Crippen LogP contribution in [0.25, 0.3) is 20.8 Å². The van der Waals surface area contributed by atoms with E-state index < -0.39 is 0 Å². The highest BCUT2D eigenvalue weighted by Gasteiger charge is 2.09. The fourth-order valence-corrected chi connectivity index (χ4v) is 4.87. The number of thiazole rings is 1. The minimum atomic E-state index is -0.0179. The molecule has 0 aliphatic rings. The van der Waals surface area contributed by atoms with Crippen LogP contribution in [-0.2, 0) is 11.2 Å². The number of thioether (sulfide) groups is 1. The summed E-state index contributed by atoms with van der Waals surface area (Å²) in [5, 5.41) is 4.52. The summed E-state index contributed by atoms with van der Waals surface area (Å²) >= 11 is 3.48. The third-order valence-corrected chi connectivity index (χ3v) is 6.45. The predicted molar refractivity (Wildman–Crippen MR) is 125 cm³/mol. The minimum Gasteiger partial charge on any atom is -0.326 e. The molecule has 4 aromatic rings. The van der Waals surface area contributed by atoms with Crippen molar-refractivity contribution in [2.45, 2.75) is 30.4 Å². The third-order valence-electron chi connectivity index (χ3n) is 4.35. The van der Waals surface area contributed by atoms with Gasteiger partial charge in [0, 0.05) is 21.4 Å². The van der Waals surface area contributed by atoms with E-state index in [0.717, 1.165) is 32.0 Å². The summed E-state index contributed by atoms with van der Waals surface area (Å²) in [6.07, 6.45) is 0.359. The second kappa shape index (κ2) is 8.80. The summed E-state index contributed by atoms with van der Waals surface area (Å²) in [7, 11) is 0. The maximum atomic E-state index is 12.5. The van der Waals surface area contributed by atoms with E-state index >= 15 is 0 Å². The van der Waals surface area contributed by atoms with Gasteiger partial charge in [-0.1, -0.05) is 50.2 Å². The molecule has 3 aromatic carbocycles. The highest BCUT2D eigenvalue weighted by Crippen LogP contribution is 2.31. The van der Waals surface area contributed by atoms with Crippen LogP contribution in [0.15, 0.2) is 77.7 Å². The molecule has 1 aromatic heterocycles. The molecule has 0 fully saturated rings. The molecular formula is C24H22N2OS2.